The number of amides is 1. The summed E-state index contributed by atoms with van der Waals surface area (Å²) >= 11 is 0. The maximum Gasteiger partial charge on any atom is 0.237 e. The summed E-state index contributed by atoms with van der Waals surface area (Å²) in [5.41, 5.74) is -0.295. The summed E-state index contributed by atoms with van der Waals surface area (Å²) in [5.74, 6) is 0.0726. The predicted octanol–water partition coefficient (Wildman–Crippen LogP) is 0.160. The first kappa shape index (κ1) is 10.9. The van der Waals surface area contributed by atoms with Gasteiger partial charge in [-0.2, -0.15) is 0 Å². The van der Waals surface area contributed by atoms with Crippen LogP contribution < -0.4 is 10.6 Å². The second kappa shape index (κ2) is 4.49. The van der Waals surface area contributed by atoms with Crippen molar-refractivity contribution in [2.24, 2.45) is 0 Å². The number of rotatable bonds is 3. The van der Waals surface area contributed by atoms with Gasteiger partial charge in [-0.15, -0.1) is 0 Å². The number of carbonyl (C=O) groups is 1. The lowest BCUT2D eigenvalue weighted by Crippen LogP contribution is -2.60. The SMILES string of the molecule is O=C(NC1(CO)CCC1)[C@H]1CCCCN1. The van der Waals surface area contributed by atoms with E-state index in [0.717, 1.165) is 45.1 Å². The molecule has 1 heterocycles. The largest absolute Gasteiger partial charge is 0.394 e. The molecule has 15 heavy (non-hydrogen) atoms. The van der Waals surface area contributed by atoms with Crippen LogP contribution in [0.25, 0.3) is 0 Å². The van der Waals surface area contributed by atoms with Gasteiger partial charge in [-0.1, -0.05) is 6.42 Å². The monoisotopic (exact) mass is 212 g/mol. The maximum absolute atomic E-state index is 11.9. The Kier molecular flexibility index (Phi) is 3.26. The van der Waals surface area contributed by atoms with Gasteiger partial charge in [-0.3, -0.25) is 4.79 Å². The normalized spacial score (nSPS) is 29.3. The Morgan fingerprint density at radius 2 is 2.20 bits per heavy atom. The molecule has 4 heteroatoms. The van der Waals surface area contributed by atoms with Crippen molar-refractivity contribution >= 4 is 5.91 Å². The highest BCUT2D eigenvalue weighted by molar-refractivity contribution is 5.82. The first-order chi connectivity index (χ1) is 7.26. The quantitative estimate of drug-likeness (QED) is 0.624. The van der Waals surface area contributed by atoms with Crippen LogP contribution in [0.3, 0.4) is 0 Å². The molecule has 1 atom stereocenters. The fourth-order valence-electron chi connectivity index (χ4n) is 2.35. The Bertz CT molecular complexity index is 227. The second-order valence-electron chi connectivity index (χ2n) is 4.78. The van der Waals surface area contributed by atoms with Crippen LogP contribution in [0.1, 0.15) is 38.5 Å². The van der Waals surface area contributed by atoms with E-state index in [-0.39, 0.29) is 24.1 Å². The van der Waals surface area contributed by atoms with E-state index in [9.17, 15) is 9.90 Å². The highest BCUT2D eigenvalue weighted by Crippen LogP contribution is 2.31. The van der Waals surface area contributed by atoms with Gasteiger partial charge >= 0.3 is 0 Å². The number of nitrogens with one attached hydrogen (secondary N) is 2. The van der Waals surface area contributed by atoms with Gasteiger partial charge in [-0.05, 0) is 38.6 Å². The van der Waals surface area contributed by atoms with E-state index < -0.39 is 0 Å². The lowest BCUT2D eigenvalue weighted by atomic mass is 9.77. The fraction of sp³-hybridized carbons (Fsp3) is 0.909. The van der Waals surface area contributed by atoms with Gasteiger partial charge in [0.05, 0.1) is 18.2 Å². The summed E-state index contributed by atoms with van der Waals surface area (Å²) < 4.78 is 0. The second-order valence-corrected chi connectivity index (χ2v) is 4.78. The van der Waals surface area contributed by atoms with Gasteiger partial charge in [0.1, 0.15) is 0 Å². The summed E-state index contributed by atoms with van der Waals surface area (Å²) in [7, 11) is 0. The summed E-state index contributed by atoms with van der Waals surface area (Å²) in [4.78, 5) is 11.9. The van der Waals surface area contributed by atoms with E-state index in [1.165, 1.54) is 0 Å². The Labute approximate surface area is 90.4 Å². The molecule has 2 fully saturated rings. The number of hydrogen-bond acceptors (Lipinski definition) is 3. The highest BCUT2D eigenvalue weighted by atomic mass is 16.3. The number of aliphatic hydroxyl groups excluding tert-OH is 1. The van der Waals surface area contributed by atoms with E-state index in [4.69, 9.17) is 0 Å². The van der Waals surface area contributed by atoms with Crippen molar-refractivity contribution in [3.05, 3.63) is 0 Å². The molecule has 1 amide bonds. The Morgan fingerprint density at radius 3 is 2.67 bits per heavy atom. The molecule has 0 unspecified atom stereocenters. The molecule has 0 aromatic carbocycles. The molecule has 4 nitrogen and oxygen atoms in total. The molecule has 2 rings (SSSR count). The number of piperidine rings is 1. The molecule has 2 aliphatic rings. The van der Waals surface area contributed by atoms with E-state index in [1.807, 2.05) is 0 Å². The minimum Gasteiger partial charge on any atom is -0.394 e. The van der Waals surface area contributed by atoms with Crippen molar-refractivity contribution in [3.8, 4) is 0 Å². The van der Waals surface area contributed by atoms with Gasteiger partial charge in [-0.25, -0.2) is 0 Å². The van der Waals surface area contributed by atoms with Crippen molar-refractivity contribution in [2.45, 2.75) is 50.1 Å². The minimum absolute atomic E-state index is 0.0391. The Morgan fingerprint density at radius 1 is 1.40 bits per heavy atom. The first-order valence-corrected chi connectivity index (χ1v) is 5.92. The maximum atomic E-state index is 11.9. The minimum atomic E-state index is -0.295. The zero-order valence-corrected chi connectivity index (χ0v) is 9.09. The summed E-state index contributed by atoms with van der Waals surface area (Å²) in [6.45, 7) is 1.01. The van der Waals surface area contributed by atoms with Crippen molar-refractivity contribution in [1.29, 1.82) is 0 Å². The fourth-order valence-corrected chi connectivity index (χ4v) is 2.35. The van der Waals surface area contributed by atoms with Crippen molar-refractivity contribution in [2.75, 3.05) is 13.2 Å². The zero-order chi connectivity index (χ0) is 10.7. The van der Waals surface area contributed by atoms with E-state index in [1.54, 1.807) is 0 Å². The van der Waals surface area contributed by atoms with E-state index in [2.05, 4.69) is 10.6 Å². The van der Waals surface area contributed by atoms with Crippen LogP contribution in [-0.4, -0.2) is 35.7 Å². The van der Waals surface area contributed by atoms with Crippen molar-refractivity contribution in [1.82, 2.24) is 10.6 Å². The molecule has 1 aliphatic heterocycles. The van der Waals surface area contributed by atoms with Crippen LogP contribution in [-0.2, 0) is 4.79 Å². The number of hydrogen-bond donors (Lipinski definition) is 3. The topological polar surface area (TPSA) is 61.4 Å². The van der Waals surface area contributed by atoms with Crippen LogP contribution in [0.2, 0.25) is 0 Å². The predicted molar refractivity (Wildman–Crippen MR) is 57.5 cm³/mol. The summed E-state index contributed by atoms with van der Waals surface area (Å²) in [6, 6.07) is -0.0391. The lowest BCUT2D eigenvalue weighted by Gasteiger charge is -2.42. The van der Waals surface area contributed by atoms with E-state index >= 15 is 0 Å². The third-order valence-corrected chi connectivity index (χ3v) is 3.63. The van der Waals surface area contributed by atoms with E-state index in [0.29, 0.717) is 0 Å². The van der Waals surface area contributed by atoms with Gasteiger partial charge in [0, 0.05) is 0 Å². The van der Waals surface area contributed by atoms with Gasteiger partial charge in [0.2, 0.25) is 5.91 Å². The van der Waals surface area contributed by atoms with Gasteiger partial charge < -0.3 is 15.7 Å². The number of aliphatic hydroxyl groups is 1. The first-order valence-electron chi connectivity index (χ1n) is 5.92. The van der Waals surface area contributed by atoms with Crippen LogP contribution in [0.4, 0.5) is 0 Å². The molecule has 1 saturated carbocycles. The molecule has 0 spiro atoms. The zero-order valence-electron chi connectivity index (χ0n) is 9.09. The molecular weight excluding hydrogens is 192 g/mol. The third kappa shape index (κ3) is 2.32. The smallest absolute Gasteiger partial charge is 0.237 e. The molecule has 1 aliphatic carbocycles. The average molecular weight is 212 g/mol. The molecule has 0 aromatic heterocycles. The molecule has 86 valence electrons. The molecule has 3 N–H and O–H groups in total. The molecular formula is C11H20N2O2. The molecule has 1 saturated heterocycles. The molecule has 0 radical (unpaired) electrons. The standard InChI is InChI=1S/C11H20N2O2/c14-8-11(5-3-6-11)13-10(15)9-4-1-2-7-12-9/h9,12,14H,1-8H2,(H,13,15)/t9-/m1/s1. The van der Waals surface area contributed by atoms with Crippen LogP contribution in [0, 0.1) is 0 Å². The van der Waals surface area contributed by atoms with Crippen molar-refractivity contribution in [3.63, 3.8) is 0 Å². The molecule has 0 aromatic rings. The summed E-state index contributed by atoms with van der Waals surface area (Å²) in [5, 5.41) is 15.5. The Balaban J connectivity index is 1.85. The van der Waals surface area contributed by atoms with Crippen LogP contribution in [0.5, 0.6) is 0 Å². The van der Waals surface area contributed by atoms with Crippen molar-refractivity contribution < 1.29 is 9.90 Å². The third-order valence-electron chi connectivity index (χ3n) is 3.63. The van der Waals surface area contributed by atoms with Gasteiger partial charge in [0.25, 0.3) is 0 Å². The molecule has 0 bridgehead atoms. The summed E-state index contributed by atoms with van der Waals surface area (Å²) in [6.07, 6.45) is 6.16. The lowest BCUT2D eigenvalue weighted by molar-refractivity contribution is -0.127. The number of carbonyl (C=O) groups excluding carboxylic acids is 1. The van der Waals surface area contributed by atoms with Crippen LogP contribution >= 0.6 is 0 Å². The van der Waals surface area contributed by atoms with Crippen LogP contribution in [0.15, 0.2) is 0 Å². The highest BCUT2D eigenvalue weighted by Gasteiger charge is 2.39. The average Bonchev–Trinajstić information content (AvgIpc) is 2.24. The van der Waals surface area contributed by atoms with Gasteiger partial charge in [0.15, 0.2) is 0 Å². The Hall–Kier alpha value is -0.610.